The Balaban J connectivity index is 2.03. The van der Waals surface area contributed by atoms with Crippen LogP contribution in [-0.2, 0) is 9.84 Å². The van der Waals surface area contributed by atoms with Crippen LogP contribution in [0.3, 0.4) is 0 Å². The molecule has 2 fully saturated rings. The summed E-state index contributed by atoms with van der Waals surface area (Å²) >= 11 is 0. The van der Waals surface area contributed by atoms with Gasteiger partial charge in [-0.25, -0.2) is 8.42 Å². The zero-order valence-electron chi connectivity index (χ0n) is 12.8. The van der Waals surface area contributed by atoms with E-state index in [-0.39, 0.29) is 5.54 Å². The number of nitrogens with zero attached hydrogens (tertiary/aromatic N) is 2. The third-order valence-electron chi connectivity index (χ3n) is 5.30. The van der Waals surface area contributed by atoms with Crippen LogP contribution in [0.15, 0.2) is 0 Å². The van der Waals surface area contributed by atoms with E-state index in [4.69, 9.17) is 5.73 Å². The van der Waals surface area contributed by atoms with Gasteiger partial charge in [0.05, 0.1) is 11.5 Å². The molecule has 6 heteroatoms. The Morgan fingerprint density at radius 2 is 1.85 bits per heavy atom. The van der Waals surface area contributed by atoms with Crippen molar-refractivity contribution in [2.45, 2.75) is 44.7 Å². The molecule has 2 aliphatic rings. The van der Waals surface area contributed by atoms with Crippen LogP contribution in [0.25, 0.3) is 0 Å². The third-order valence-corrected chi connectivity index (χ3v) is 6.95. The zero-order valence-corrected chi connectivity index (χ0v) is 13.7. The maximum absolute atomic E-state index is 11.7. The highest BCUT2D eigenvalue weighted by Gasteiger charge is 2.44. The standard InChI is InChI=1S/C14H29N3O2S/c1-3-16(4-2)13-5-8-17(11-13)14(12-15)6-9-20(18,19)10-7-14/h13H,3-12,15H2,1-2H3. The largest absolute Gasteiger partial charge is 0.329 e. The van der Waals surface area contributed by atoms with Gasteiger partial charge in [-0.15, -0.1) is 0 Å². The summed E-state index contributed by atoms with van der Waals surface area (Å²) in [5.41, 5.74) is 5.97. The van der Waals surface area contributed by atoms with Gasteiger partial charge in [-0.3, -0.25) is 9.80 Å². The van der Waals surface area contributed by atoms with Crippen molar-refractivity contribution in [3.63, 3.8) is 0 Å². The number of likely N-dealkylation sites (N-methyl/N-ethyl adjacent to an activating group) is 1. The molecular formula is C14H29N3O2S. The lowest BCUT2D eigenvalue weighted by Gasteiger charge is -2.44. The van der Waals surface area contributed by atoms with Crippen LogP contribution in [0, 0.1) is 0 Å². The fourth-order valence-electron chi connectivity index (χ4n) is 3.78. The van der Waals surface area contributed by atoms with Crippen molar-refractivity contribution in [2.75, 3.05) is 44.2 Å². The molecule has 0 saturated carbocycles. The van der Waals surface area contributed by atoms with Gasteiger partial charge in [0.25, 0.3) is 0 Å². The fraction of sp³-hybridized carbons (Fsp3) is 1.00. The predicted octanol–water partition coefficient (Wildman–Crippen LogP) is 0.309. The summed E-state index contributed by atoms with van der Waals surface area (Å²) in [6.45, 7) is 9.25. The van der Waals surface area contributed by atoms with Crippen LogP contribution in [-0.4, -0.2) is 74.0 Å². The lowest BCUT2D eigenvalue weighted by atomic mass is 9.90. The van der Waals surface area contributed by atoms with Crippen molar-refractivity contribution in [3.05, 3.63) is 0 Å². The highest BCUT2D eigenvalue weighted by molar-refractivity contribution is 7.91. The predicted molar refractivity (Wildman–Crippen MR) is 82.6 cm³/mol. The molecule has 2 rings (SSSR count). The Kier molecular flexibility index (Phi) is 5.10. The normalized spacial score (nSPS) is 29.9. The number of hydrogen-bond acceptors (Lipinski definition) is 5. The Labute approximate surface area is 123 Å². The van der Waals surface area contributed by atoms with Crippen LogP contribution in [0.1, 0.15) is 33.1 Å². The molecule has 20 heavy (non-hydrogen) atoms. The van der Waals surface area contributed by atoms with Crippen molar-refractivity contribution in [3.8, 4) is 0 Å². The topological polar surface area (TPSA) is 66.6 Å². The summed E-state index contributed by atoms with van der Waals surface area (Å²) in [5.74, 6) is 0.604. The van der Waals surface area contributed by atoms with Crippen molar-refractivity contribution in [1.82, 2.24) is 9.80 Å². The van der Waals surface area contributed by atoms with Crippen molar-refractivity contribution in [2.24, 2.45) is 5.73 Å². The minimum Gasteiger partial charge on any atom is -0.329 e. The van der Waals surface area contributed by atoms with Crippen LogP contribution in [0.5, 0.6) is 0 Å². The summed E-state index contributed by atoms with van der Waals surface area (Å²) in [6, 6.07) is 0.604. The van der Waals surface area contributed by atoms with E-state index in [9.17, 15) is 8.42 Å². The number of nitrogens with two attached hydrogens (primary N) is 1. The smallest absolute Gasteiger partial charge is 0.150 e. The number of hydrogen-bond donors (Lipinski definition) is 1. The number of likely N-dealkylation sites (tertiary alicyclic amines) is 1. The molecular weight excluding hydrogens is 274 g/mol. The molecule has 2 N–H and O–H groups in total. The fourth-order valence-corrected chi connectivity index (χ4v) is 5.36. The summed E-state index contributed by atoms with van der Waals surface area (Å²) in [4.78, 5) is 4.98. The molecule has 2 heterocycles. The average molecular weight is 303 g/mol. The second-order valence-corrected chi connectivity index (χ2v) is 8.49. The first-order valence-corrected chi connectivity index (χ1v) is 9.68. The molecule has 0 radical (unpaired) electrons. The second-order valence-electron chi connectivity index (χ2n) is 6.19. The van der Waals surface area contributed by atoms with Crippen LogP contribution >= 0.6 is 0 Å². The van der Waals surface area contributed by atoms with Gasteiger partial charge in [0.1, 0.15) is 9.84 Å². The molecule has 0 aromatic heterocycles. The molecule has 0 aliphatic carbocycles. The first-order valence-electron chi connectivity index (χ1n) is 7.86. The molecule has 0 amide bonds. The molecule has 5 nitrogen and oxygen atoms in total. The Bertz CT molecular complexity index is 406. The van der Waals surface area contributed by atoms with E-state index in [1.807, 2.05) is 0 Å². The van der Waals surface area contributed by atoms with Crippen LogP contribution < -0.4 is 5.73 Å². The van der Waals surface area contributed by atoms with E-state index in [2.05, 4.69) is 23.6 Å². The molecule has 2 aliphatic heterocycles. The Hall–Kier alpha value is -0.170. The van der Waals surface area contributed by atoms with Crippen LogP contribution in [0.4, 0.5) is 0 Å². The van der Waals surface area contributed by atoms with Gasteiger partial charge in [-0.2, -0.15) is 0 Å². The van der Waals surface area contributed by atoms with Gasteiger partial charge in [-0.1, -0.05) is 13.8 Å². The molecule has 0 spiro atoms. The minimum absolute atomic E-state index is 0.0762. The van der Waals surface area contributed by atoms with Gasteiger partial charge in [0.15, 0.2) is 0 Å². The Morgan fingerprint density at radius 3 is 2.35 bits per heavy atom. The van der Waals surface area contributed by atoms with E-state index < -0.39 is 9.84 Å². The van der Waals surface area contributed by atoms with Gasteiger partial charge in [-0.05, 0) is 32.4 Å². The SMILES string of the molecule is CCN(CC)C1CCN(C2(CN)CCS(=O)(=O)CC2)C1. The van der Waals surface area contributed by atoms with Gasteiger partial charge in [0, 0.05) is 31.2 Å². The van der Waals surface area contributed by atoms with Crippen molar-refractivity contribution >= 4 is 9.84 Å². The average Bonchev–Trinajstić information content (AvgIpc) is 2.91. The van der Waals surface area contributed by atoms with Gasteiger partial charge >= 0.3 is 0 Å². The van der Waals surface area contributed by atoms with E-state index in [1.54, 1.807) is 0 Å². The Morgan fingerprint density at radius 1 is 1.25 bits per heavy atom. The maximum atomic E-state index is 11.7. The second kappa shape index (κ2) is 6.30. The highest BCUT2D eigenvalue weighted by atomic mass is 32.2. The summed E-state index contributed by atoms with van der Waals surface area (Å²) in [7, 11) is -2.83. The van der Waals surface area contributed by atoms with E-state index in [0.29, 0.717) is 36.9 Å². The molecule has 118 valence electrons. The van der Waals surface area contributed by atoms with Crippen molar-refractivity contribution in [1.29, 1.82) is 0 Å². The van der Waals surface area contributed by atoms with E-state index in [0.717, 1.165) is 26.2 Å². The lowest BCUT2D eigenvalue weighted by Crippen LogP contribution is -2.57. The quantitative estimate of drug-likeness (QED) is 0.792. The minimum atomic E-state index is -2.83. The molecule has 1 atom stereocenters. The molecule has 2 saturated heterocycles. The monoisotopic (exact) mass is 303 g/mol. The third kappa shape index (κ3) is 3.18. The number of sulfone groups is 1. The maximum Gasteiger partial charge on any atom is 0.150 e. The molecule has 1 unspecified atom stereocenters. The van der Waals surface area contributed by atoms with Gasteiger partial charge in [0.2, 0.25) is 0 Å². The van der Waals surface area contributed by atoms with E-state index in [1.165, 1.54) is 6.42 Å². The number of rotatable bonds is 5. The highest BCUT2D eigenvalue weighted by Crippen LogP contribution is 2.33. The first kappa shape index (κ1) is 16.2. The molecule has 0 bridgehead atoms. The zero-order chi connectivity index (χ0) is 14.8. The summed E-state index contributed by atoms with van der Waals surface area (Å²) < 4.78 is 23.3. The van der Waals surface area contributed by atoms with Gasteiger partial charge < -0.3 is 5.73 Å². The molecule has 0 aromatic carbocycles. The van der Waals surface area contributed by atoms with Crippen molar-refractivity contribution < 1.29 is 8.42 Å². The van der Waals surface area contributed by atoms with E-state index >= 15 is 0 Å². The first-order chi connectivity index (χ1) is 9.46. The van der Waals surface area contributed by atoms with Crippen LogP contribution in [0.2, 0.25) is 0 Å². The molecule has 0 aromatic rings. The lowest BCUT2D eigenvalue weighted by molar-refractivity contribution is 0.0978. The summed E-state index contributed by atoms with van der Waals surface area (Å²) in [5, 5.41) is 0. The summed E-state index contributed by atoms with van der Waals surface area (Å²) in [6.07, 6.45) is 2.59.